The molecule has 0 aliphatic carbocycles. The molecule has 3 rings (SSSR count). The van der Waals surface area contributed by atoms with Gasteiger partial charge in [0, 0.05) is 19.3 Å². The third kappa shape index (κ3) is 6.34. The first-order valence-corrected chi connectivity index (χ1v) is 10.6. The highest BCUT2D eigenvalue weighted by molar-refractivity contribution is 5.92. The molecule has 1 heterocycles. The Morgan fingerprint density at radius 3 is 2.16 bits per heavy atom. The molecule has 1 unspecified atom stereocenters. The maximum atomic E-state index is 12.9. The lowest BCUT2D eigenvalue weighted by atomic mass is 10.1. The summed E-state index contributed by atoms with van der Waals surface area (Å²) in [6.45, 7) is 6.79. The van der Waals surface area contributed by atoms with Crippen LogP contribution >= 0.6 is 0 Å². The number of methoxy groups -OCH3 is 1. The van der Waals surface area contributed by atoms with Crippen LogP contribution in [0.1, 0.15) is 31.9 Å². The van der Waals surface area contributed by atoms with Gasteiger partial charge in [-0.1, -0.05) is 60.7 Å². The molecule has 0 aromatic heterocycles. The summed E-state index contributed by atoms with van der Waals surface area (Å²) in [4.78, 5) is 28.9. The van der Waals surface area contributed by atoms with Crippen LogP contribution in [0.2, 0.25) is 0 Å². The second-order valence-corrected chi connectivity index (χ2v) is 8.64. The van der Waals surface area contributed by atoms with Crippen molar-refractivity contribution >= 4 is 12.1 Å². The molecule has 2 aromatic rings. The minimum Gasteiger partial charge on any atom is -0.464 e. The minimum atomic E-state index is -0.688. The Morgan fingerprint density at radius 2 is 1.59 bits per heavy atom. The Balaban J connectivity index is 1.90. The van der Waals surface area contributed by atoms with Crippen LogP contribution in [-0.2, 0) is 27.4 Å². The van der Waals surface area contributed by atoms with Crippen molar-refractivity contribution in [2.45, 2.75) is 45.6 Å². The van der Waals surface area contributed by atoms with Crippen LogP contribution < -0.4 is 5.32 Å². The first kappa shape index (κ1) is 23.3. The zero-order chi connectivity index (χ0) is 23.1. The van der Waals surface area contributed by atoms with E-state index in [0.29, 0.717) is 13.1 Å². The smallest absolute Gasteiger partial charge is 0.415 e. The minimum absolute atomic E-state index is 0.149. The molecule has 1 amide bonds. The lowest BCUT2D eigenvalue weighted by Gasteiger charge is -2.41. The van der Waals surface area contributed by atoms with Gasteiger partial charge in [0.1, 0.15) is 11.3 Å². The van der Waals surface area contributed by atoms with E-state index >= 15 is 0 Å². The highest BCUT2D eigenvalue weighted by Crippen LogP contribution is 2.23. The van der Waals surface area contributed by atoms with Gasteiger partial charge >= 0.3 is 12.1 Å². The van der Waals surface area contributed by atoms with Crippen molar-refractivity contribution in [1.82, 2.24) is 15.1 Å². The number of hydrogen-bond donors (Lipinski definition) is 1. The summed E-state index contributed by atoms with van der Waals surface area (Å²) in [5.41, 5.74) is 1.67. The van der Waals surface area contributed by atoms with Gasteiger partial charge in [-0.25, -0.2) is 9.59 Å². The van der Waals surface area contributed by atoms with Crippen molar-refractivity contribution in [3.63, 3.8) is 0 Å². The van der Waals surface area contributed by atoms with Crippen LogP contribution in [0.5, 0.6) is 0 Å². The molecule has 1 N–H and O–H groups in total. The SMILES string of the molecule is COC(=O)C1=CN(Cc2ccccc2)C(NCc2ccccc2)CN1C(=O)OC(C)(C)C. The van der Waals surface area contributed by atoms with E-state index in [1.807, 2.05) is 65.6 Å². The number of amides is 1. The van der Waals surface area contributed by atoms with Gasteiger partial charge < -0.3 is 14.4 Å². The summed E-state index contributed by atoms with van der Waals surface area (Å²) < 4.78 is 10.5. The highest BCUT2D eigenvalue weighted by atomic mass is 16.6. The van der Waals surface area contributed by atoms with Gasteiger partial charge in [0.25, 0.3) is 0 Å². The molecule has 1 aliphatic heterocycles. The molecule has 0 spiro atoms. The fraction of sp³-hybridized carbons (Fsp3) is 0.360. The number of hydrogen-bond acceptors (Lipinski definition) is 6. The molecule has 32 heavy (non-hydrogen) atoms. The van der Waals surface area contributed by atoms with Gasteiger partial charge in [0.2, 0.25) is 0 Å². The largest absolute Gasteiger partial charge is 0.464 e. The summed E-state index contributed by atoms with van der Waals surface area (Å²) in [5.74, 6) is -0.588. The number of rotatable bonds is 6. The van der Waals surface area contributed by atoms with Gasteiger partial charge in [-0.2, -0.15) is 0 Å². The van der Waals surface area contributed by atoms with Crippen LogP contribution in [-0.4, -0.2) is 47.3 Å². The van der Waals surface area contributed by atoms with Crippen LogP contribution in [0.3, 0.4) is 0 Å². The second kappa shape index (κ2) is 10.3. The summed E-state index contributed by atoms with van der Waals surface area (Å²) in [6.07, 6.45) is 0.853. The first-order chi connectivity index (χ1) is 15.3. The zero-order valence-corrected chi connectivity index (χ0v) is 19.1. The molecular weight excluding hydrogens is 406 g/mol. The van der Waals surface area contributed by atoms with E-state index in [4.69, 9.17) is 9.47 Å². The van der Waals surface area contributed by atoms with Crippen molar-refractivity contribution < 1.29 is 19.1 Å². The van der Waals surface area contributed by atoms with Gasteiger partial charge in [0.05, 0.1) is 19.8 Å². The summed E-state index contributed by atoms with van der Waals surface area (Å²) in [6, 6.07) is 20.0. The van der Waals surface area contributed by atoms with Gasteiger partial charge in [-0.05, 0) is 31.9 Å². The maximum absolute atomic E-state index is 12.9. The van der Waals surface area contributed by atoms with Crippen LogP contribution in [0.15, 0.2) is 72.6 Å². The number of carbonyl (C=O) groups is 2. The Labute approximate surface area is 189 Å². The predicted octanol–water partition coefficient (Wildman–Crippen LogP) is 3.87. The van der Waals surface area contributed by atoms with E-state index in [1.165, 1.54) is 12.0 Å². The molecule has 170 valence electrons. The van der Waals surface area contributed by atoms with Crippen molar-refractivity contribution in [2.75, 3.05) is 13.7 Å². The van der Waals surface area contributed by atoms with Crippen LogP contribution in [0.25, 0.3) is 0 Å². The molecule has 2 aromatic carbocycles. The van der Waals surface area contributed by atoms with E-state index in [0.717, 1.165) is 11.1 Å². The first-order valence-electron chi connectivity index (χ1n) is 10.6. The molecule has 0 radical (unpaired) electrons. The Morgan fingerprint density at radius 1 is 1.00 bits per heavy atom. The molecule has 0 saturated heterocycles. The molecule has 0 bridgehead atoms. The Bertz CT molecular complexity index is 939. The quantitative estimate of drug-likeness (QED) is 0.692. The Hall–Kier alpha value is -3.32. The monoisotopic (exact) mass is 437 g/mol. The average molecular weight is 438 g/mol. The number of carbonyl (C=O) groups excluding carboxylic acids is 2. The fourth-order valence-electron chi connectivity index (χ4n) is 3.41. The number of nitrogens with zero attached hydrogens (tertiary/aromatic N) is 2. The molecule has 0 saturated carbocycles. The highest BCUT2D eigenvalue weighted by Gasteiger charge is 2.36. The number of benzene rings is 2. The van der Waals surface area contributed by atoms with Crippen LogP contribution in [0, 0.1) is 0 Å². The van der Waals surface area contributed by atoms with Crippen molar-refractivity contribution in [3.8, 4) is 0 Å². The lowest BCUT2D eigenvalue weighted by molar-refractivity contribution is -0.138. The van der Waals surface area contributed by atoms with Crippen molar-refractivity contribution in [2.24, 2.45) is 0 Å². The van der Waals surface area contributed by atoms with E-state index < -0.39 is 17.7 Å². The van der Waals surface area contributed by atoms with Crippen molar-refractivity contribution in [3.05, 3.63) is 83.7 Å². The standard InChI is InChI=1S/C25H31N3O4/c1-25(2,3)32-24(30)28-18-22(26-15-19-11-7-5-8-12-19)27(17-21(28)23(29)31-4)16-20-13-9-6-10-14-20/h5-14,17,22,26H,15-16,18H2,1-4H3. The molecule has 1 aliphatic rings. The van der Waals surface area contributed by atoms with Crippen LogP contribution in [0.4, 0.5) is 4.79 Å². The molecule has 0 fully saturated rings. The summed E-state index contributed by atoms with van der Waals surface area (Å²) in [5, 5.41) is 3.51. The normalized spacial score (nSPS) is 16.4. The number of ether oxygens (including phenoxy) is 2. The number of esters is 1. The van der Waals surface area contributed by atoms with Gasteiger partial charge in [-0.15, -0.1) is 0 Å². The summed E-state index contributed by atoms with van der Waals surface area (Å²) in [7, 11) is 1.30. The summed E-state index contributed by atoms with van der Waals surface area (Å²) >= 11 is 0. The van der Waals surface area contributed by atoms with E-state index in [2.05, 4.69) is 5.32 Å². The van der Waals surface area contributed by atoms with Crippen molar-refractivity contribution in [1.29, 1.82) is 0 Å². The number of nitrogens with one attached hydrogen (secondary N) is 1. The molecular formula is C25H31N3O4. The van der Waals surface area contributed by atoms with Gasteiger partial charge in [-0.3, -0.25) is 10.2 Å². The molecule has 7 nitrogen and oxygen atoms in total. The molecule has 1 atom stereocenters. The van der Waals surface area contributed by atoms with E-state index in [-0.39, 0.29) is 18.4 Å². The fourth-order valence-corrected chi connectivity index (χ4v) is 3.41. The molecule has 7 heteroatoms. The predicted molar refractivity (Wildman–Crippen MR) is 122 cm³/mol. The third-order valence-electron chi connectivity index (χ3n) is 4.94. The topological polar surface area (TPSA) is 71.1 Å². The Kier molecular flexibility index (Phi) is 7.53. The third-order valence-corrected chi connectivity index (χ3v) is 4.94. The van der Waals surface area contributed by atoms with E-state index in [1.54, 1.807) is 27.0 Å². The zero-order valence-electron chi connectivity index (χ0n) is 19.1. The van der Waals surface area contributed by atoms with Gasteiger partial charge in [0.15, 0.2) is 0 Å². The maximum Gasteiger partial charge on any atom is 0.415 e. The van der Waals surface area contributed by atoms with E-state index in [9.17, 15) is 9.59 Å². The lowest BCUT2D eigenvalue weighted by Crippen LogP contribution is -2.56. The second-order valence-electron chi connectivity index (χ2n) is 8.64. The average Bonchev–Trinajstić information content (AvgIpc) is 2.77.